The summed E-state index contributed by atoms with van der Waals surface area (Å²) in [5.74, 6) is 0.988. The number of aromatic nitrogens is 1. The fourth-order valence-corrected chi connectivity index (χ4v) is 3.14. The number of pyridine rings is 1. The summed E-state index contributed by atoms with van der Waals surface area (Å²) in [5.41, 5.74) is 2.08. The van der Waals surface area contributed by atoms with Gasteiger partial charge in [-0.3, -0.25) is 9.78 Å². The number of hydrogen-bond donors (Lipinski definition) is 1. The molecule has 144 valence electrons. The van der Waals surface area contributed by atoms with Gasteiger partial charge in [0.05, 0.1) is 37.4 Å². The number of carbonyl (C=O) groups is 1. The molecular formula is C20H26N4O3. The summed E-state index contributed by atoms with van der Waals surface area (Å²) in [4.78, 5) is 21.7. The molecule has 1 aliphatic heterocycles. The van der Waals surface area contributed by atoms with Gasteiger partial charge in [-0.25, -0.2) is 0 Å². The van der Waals surface area contributed by atoms with E-state index in [0.29, 0.717) is 22.7 Å². The van der Waals surface area contributed by atoms with Crippen LogP contribution in [0.5, 0.6) is 11.5 Å². The van der Waals surface area contributed by atoms with Gasteiger partial charge < -0.3 is 24.6 Å². The van der Waals surface area contributed by atoms with Gasteiger partial charge in [-0.15, -0.1) is 0 Å². The number of hydrogen-bond acceptors (Lipinski definition) is 6. The molecule has 0 aliphatic carbocycles. The number of likely N-dealkylation sites (N-methyl/N-ethyl adjacent to an activating group) is 1. The molecule has 1 N–H and O–H groups in total. The van der Waals surface area contributed by atoms with E-state index in [4.69, 9.17) is 9.47 Å². The summed E-state index contributed by atoms with van der Waals surface area (Å²) in [6.07, 6.45) is 3.39. The smallest absolute Gasteiger partial charge is 0.257 e. The summed E-state index contributed by atoms with van der Waals surface area (Å²) < 4.78 is 10.5. The van der Waals surface area contributed by atoms with Crippen molar-refractivity contribution in [1.29, 1.82) is 0 Å². The first-order valence-corrected chi connectivity index (χ1v) is 9.10. The molecule has 0 spiro atoms. The maximum atomic E-state index is 12.7. The van der Waals surface area contributed by atoms with Crippen LogP contribution in [0.4, 0.5) is 11.4 Å². The third-order valence-corrected chi connectivity index (χ3v) is 4.83. The molecule has 1 aromatic heterocycles. The largest absolute Gasteiger partial charge is 0.497 e. The number of rotatable bonds is 6. The van der Waals surface area contributed by atoms with Crippen molar-refractivity contribution in [1.82, 2.24) is 9.88 Å². The van der Waals surface area contributed by atoms with Gasteiger partial charge in [0.2, 0.25) is 0 Å². The average Bonchev–Trinajstić information content (AvgIpc) is 2.74. The van der Waals surface area contributed by atoms with Gasteiger partial charge in [-0.05, 0) is 24.7 Å². The number of carbonyl (C=O) groups excluding carboxylic acids is 1. The SMILES string of the molecule is CCN1CCN(c2cncc(C(=O)Nc3ccc(OC)cc3OC)c2)CC1. The van der Waals surface area contributed by atoms with Crippen LogP contribution < -0.4 is 19.7 Å². The highest BCUT2D eigenvalue weighted by Crippen LogP contribution is 2.29. The van der Waals surface area contributed by atoms with Gasteiger partial charge in [0.25, 0.3) is 5.91 Å². The molecule has 2 heterocycles. The van der Waals surface area contributed by atoms with Crippen LogP contribution in [0, 0.1) is 0 Å². The van der Waals surface area contributed by atoms with Crippen molar-refractivity contribution in [3.63, 3.8) is 0 Å². The lowest BCUT2D eigenvalue weighted by atomic mass is 10.2. The molecule has 1 fully saturated rings. The van der Waals surface area contributed by atoms with Crippen LogP contribution in [0.25, 0.3) is 0 Å². The Morgan fingerprint density at radius 3 is 2.56 bits per heavy atom. The standard InChI is InChI=1S/C20H26N4O3/c1-4-23-7-9-24(10-8-23)16-11-15(13-21-14-16)20(25)22-18-6-5-17(26-2)12-19(18)27-3/h5-6,11-14H,4,7-10H2,1-3H3,(H,22,25). The lowest BCUT2D eigenvalue weighted by molar-refractivity contribution is 0.102. The zero-order valence-corrected chi connectivity index (χ0v) is 16.1. The number of methoxy groups -OCH3 is 2. The van der Waals surface area contributed by atoms with Gasteiger partial charge >= 0.3 is 0 Å². The molecule has 27 heavy (non-hydrogen) atoms. The second-order valence-corrected chi connectivity index (χ2v) is 6.37. The molecule has 3 rings (SSSR count). The van der Waals surface area contributed by atoms with Crippen LogP contribution in [-0.2, 0) is 0 Å². The predicted molar refractivity (Wildman–Crippen MR) is 106 cm³/mol. The third kappa shape index (κ3) is 4.49. The Labute approximate surface area is 159 Å². The number of piperazine rings is 1. The molecule has 0 radical (unpaired) electrons. The van der Waals surface area contributed by atoms with Gasteiger partial charge in [0.1, 0.15) is 11.5 Å². The monoisotopic (exact) mass is 370 g/mol. The molecule has 0 unspecified atom stereocenters. The van der Waals surface area contributed by atoms with Crippen LogP contribution >= 0.6 is 0 Å². The Hall–Kier alpha value is -2.80. The van der Waals surface area contributed by atoms with Gasteiger partial charge in [-0.2, -0.15) is 0 Å². The van der Waals surface area contributed by atoms with Crippen LogP contribution in [0.15, 0.2) is 36.7 Å². The average molecular weight is 370 g/mol. The van der Waals surface area contributed by atoms with Gasteiger partial charge in [0.15, 0.2) is 0 Å². The first-order chi connectivity index (χ1) is 13.1. The quantitative estimate of drug-likeness (QED) is 0.843. The van der Waals surface area contributed by atoms with E-state index < -0.39 is 0 Å². The summed E-state index contributed by atoms with van der Waals surface area (Å²) in [6, 6.07) is 7.16. The van der Waals surface area contributed by atoms with E-state index in [2.05, 4.69) is 27.0 Å². The van der Waals surface area contributed by atoms with Crippen LogP contribution in [0.3, 0.4) is 0 Å². The zero-order chi connectivity index (χ0) is 19.2. The highest BCUT2D eigenvalue weighted by Gasteiger charge is 2.18. The Balaban J connectivity index is 1.72. The molecule has 2 aromatic rings. The van der Waals surface area contributed by atoms with E-state index in [1.807, 2.05) is 12.3 Å². The number of anilines is 2. The Morgan fingerprint density at radius 2 is 1.89 bits per heavy atom. The van der Waals surface area contributed by atoms with E-state index in [-0.39, 0.29) is 5.91 Å². The summed E-state index contributed by atoms with van der Waals surface area (Å²) in [7, 11) is 3.15. The summed E-state index contributed by atoms with van der Waals surface area (Å²) >= 11 is 0. The highest BCUT2D eigenvalue weighted by atomic mass is 16.5. The maximum absolute atomic E-state index is 12.7. The number of nitrogens with zero attached hydrogens (tertiary/aromatic N) is 3. The number of ether oxygens (including phenoxy) is 2. The van der Waals surface area contributed by atoms with Crippen molar-refractivity contribution < 1.29 is 14.3 Å². The fourth-order valence-electron chi connectivity index (χ4n) is 3.14. The summed E-state index contributed by atoms with van der Waals surface area (Å²) in [6.45, 7) is 7.17. The molecule has 0 bridgehead atoms. The molecule has 7 nitrogen and oxygen atoms in total. The minimum atomic E-state index is -0.222. The second kappa shape index (κ2) is 8.73. The minimum absolute atomic E-state index is 0.222. The molecule has 0 atom stereocenters. The van der Waals surface area contributed by atoms with Crippen molar-refractivity contribution in [2.75, 3.05) is 57.2 Å². The highest BCUT2D eigenvalue weighted by molar-refractivity contribution is 6.05. The molecule has 0 saturated carbocycles. The van der Waals surface area contributed by atoms with E-state index >= 15 is 0 Å². The van der Waals surface area contributed by atoms with E-state index in [1.165, 1.54) is 0 Å². The van der Waals surface area contributed by atoms with Crippen LogP contribution in [0.1, 0.15) is 17.3 Å². The molecule has 7 heteroatoms. The topological polar surface area (TPSA) is 66.9 Å². The van der Waals surface area contributed by atoms with Crippen molar-refractivity contribution in [3.8, 4) is 11.5 Å². The molecule has 1 saturated heterocycles. The van der Waals surface area contributed by atoms with Crippen LogP contribution in [-0.4, -0.2) is 62.7 Å². The number of amides is 1. The Kier molecular flexibility index (Phi) is 6.13. The van der Waals surface area contributed by atoms with Crippen molar-refractivity contribution in [2.45, 2.75) is 6.92 Å². The maximum Gasteiger partial charge on any atom is 0.257 e. The minimum Gasteiger partial charge on any atom is -0.497 e. The first-order valence-electron chi connectivity index (χ1n) is 9.10. The first kappa shape index (κ1) is 19.0. The molecule has 1 aromatic carbocycles. The number of nitrogens with one attached hydrogen (secondary N) is 1. The van der Waals surface area contributed by atoms with E-state index in [0.717, 1.165) is 38.4 Å². The van der Waals surface area contributed by atoms with E-state index in [1.54, 1.807) is 38.6 Å². The number of benzene rings is 1. The second-order valence-electron chi connectivity index (χ2n) is 6.37. The Morgan fingerprint density at radius 1 is 1.11 bits per heavy atom. The van der Waals surface area contributed by atoms with E-state index in [9.17, 15) is 4.79 Å². The van der Waals surface area contributed by atoms with Crippen molar-refractivity contribution >= 4 is 17.3 Å². The predicted octanol–water partition coefficient (Wildman–Crippen LogP) is 2.49. The summed E-state index contributed by atoms with van der Waals surface area (Å²) in [5, 5.41) is 2.89. The molecule has 1 aliphatic rings. The molecule has 1 amide bonds. The van der Waals surface area contributed by atoms with Crippen molar-refractivity contribution in [2.24, 2.45) is 0 Å². The lowest BCUT2D eigenvalue weighted by Gasteiger charge is -2.35. The van der Waals surface area contributed by atoms with Crippen LogP contribution in [0.2, 0.25) is 0 Å². The normalized spacial score (nSPS) is 14.7. The van der Waals surface area contributed by atoms with Crippen molar-refractivity contribution in [3.05, 3.63) is 42.2 Å². The zero-order valence-electron chi connectivity index (χ0n) is 16.1. The molecular weight excluding hydrogens is 344 g/mol. The fraction of sp³-hybridized carbons (Fsp3) is 0.400. The Bertz CT molecular complexity index is 789. The van der Waals surface area contributed by atoms with Gasteiger partial charge in [-0.1, -0.05) is 6.92 Å². The third-order valence-electron chi connectivity index (χ3n) is 4.83. The van der Waals surface area contributed by atoms with Gasteiger partial charge in [0, 0.05) is 38.4 Å². The lowest BCUT2D eigenvalue weighted by Crippen LogP contribution is -2.46.